The van der Waals surface area contributed by atoms with Crippen molar-refractivity contribution in [3.8, 4) is 5.75 Å². The molecule has 114 valence electrons. The molecule has 0 radical (unpaired) electrons. The summed E-state index contributed by atoms with van der Waals surface area (Å²) in [5.74, 6) is 2.38. The highest BCUT2D eigenvalue weighted by Crippen LogP contribution is 2.44. The number of amides is 1. The maximum atomic E-state index is 12.3. The number of aryl methyl sites for hydroxylation is 2. The van der Waals surface area contributed by atoms with Crippen molar-refractivity contribution in [1.29, 1.82) is 0 Å². The molecule has 2 fully saturated rings. The van der Waals surface area contributed by atoms with Gasteiger partial charge in [0.05, 0.1) is 0 Å². The van der Waals surface area contributed by atoms with Gasteiger partial charge in [-0.1, -0.05) is 18.6 Å². The van der Waals surface area contributed by atoms with Crippen molar-refractivity contribution < 1.29 is 9.53 Å². The van der Waals surface area contributed by atoms with E-state index >= 15 is 0 Å². The summed E-state index contributed by atoms with van der Waals surface area (Å²) in [4.78, 5) is 12.3. The van der Waals surface area contributed by atoms with Crippen LogP contribution in [0.25, 0.3) is 0 Å². The second-order valence-electron chi connectivity index (χ2n) is 6.82. The van der Waals surface area contributed by atoms with E-state index in [9.17, 15) is 4.79 Å². The molecule has 2 aliphatic carbocycles. The molecule has 3 heteroatoms. The lowest BCUT2D eigenvalue weighted by Gasteiger charge is -2.25. The van der Waals surface area contributed by atoms with Gasteiger partial charge >= 0.3 is 0 Å². The number of nitrogens with one attached hydrogen (secondary N) is 1. The lowest BCUT2D eigenvalue weighted by Crippen LogP contribution is -2.44. The molecule has 0 saturated heterocycles. The highest BCUT2D eigenvalue weighted by molar-refractivity contribution is 5.81. The highest BCUT2D eigenvalue weighted by atomic mass is 16.5. The molecule has 3 nitrogen and oxygen atoms in total. The Morgan fingerprint density at radius 2 is 2.10 bits per heavy atom. The first kappa shape index (κ1) is 14.4. The van der Waals surface area contributed by atoms with E-state index in [0.29, 0.717) is 12.0 Å². The Bertz CT molecular complexity index is 540. The minimum absolute atomic E-state index is 0.0217. The fourth-order valence-corrected chi connectivity index (χ4v) is 3.80. The van der Waals surface area contributed by atoms with Crippen LogP contribution in [0.15, 0.2) is 18.2 Å². The molecule has 1 aromatic carbocycles. The van der Waals surface area contributed by atoms with Crippen molar-refractivity contribution in [3.63, 3.8) is 0 Å². The molecule has 4 atom stereocenters. The Balaban J connectivity index is 1.58. The number of benzene rings is 1. The minimum atomic E-state index is -0.440. The maximum Gasteiger partial charge on any atom is 0.261 e. The molecule has 0 spiro atoms. The van der Waals surface area contributed by atoms with Gasteiger partial charge < -0.3 is 10.1 Å². The normalized spacial score (nSPS) is 28.4. The lowest BCUT2D eigenvalue weighted by molar-refractivity contribution is -0.128. The Morgan fingerprint density at radius 3 is 2.76 bits per heavy atom. The van der Waals surface area contributed by atoms with E-state index in [2.05, 4.69) is 11.4 Å². The van der Waals surface area contributed by atoms with Crippen LogP contribution in [0.1, 0.15) is 43.7 Å². The second-order valence-corrected chi connectivity index (χ2v) is 6.82. The van der Waals surface area contributed by atoms with Crippen LogP contribution >= 0.6 is 0 Å². The molecule has 21 heavy (non-hydrogen) atoms. The third-order valence-corrected chi connectivity index (χ3v) is 5.08. The Labute approximate surface area is 127 Å². The van der Waals surface area contributed by atoms with Gasteiger partial charge in [0.1, 0.15) is 5.75 Å². The molecule has 1 N–H and O–H groups in total. The third-order valence-electron chi connectivity index (χ3n) is 5.08. The first-order chi connectivity index (χ1) is 10.0. The second kappa shape index (κ2) is 5.70. The number of hydrogen-bond donors (Lipinski definition) is 1. The molecule has 0 unspecified atom stereocenters. The topological polar surface area (TPSA) is 38.3 Å². The molecule has 1 amide bonds. The van der Waals surface area contributed by atoms with E-state index in [1.807, 2.05) is 32.9 Å². The number of ether oxygens (including phenoxy) is 1. The summed E-state index contributed by atoms with van der Waals surface area (Å²) < 4.78 is 5.87. The zero-order valence-corrected chi connectivity index (χ0v) is 13.2. The average molecular weight is 287 g/mol. The van der Waals surface area contributed by atoms with Crippen LogP contribution < -0.4 is 10.1 Å². The summed E-state index contributed by atoms with van der Waals surface area (Å²) in [6.07, 6.45) is 4.65. The molecule has 2 saturated carbocycles. The molecule has 2 bridgehead atoms. The van der Waals surface area contributed by atoms with Crippen LogP contribution in [0.4, 0.5) is 0 Å². The lowest BCUT2D eigenvalue weighted by atomic mass is 9.95. The SMILES string of the molecule is Cc1ccc(C)c(O[C@@H](C)C(=O)N[C@@H]2C[C@H]3CC[C@H]2C3)c1. The summed E-state index contributed by atoms with van der Waals surface area (Å²) in [7, 11) is 0. The van der Waals surface area contributed by atoms with Gasteiger partial charge in [0.25, 0.3) is 5.91 Å². The van der Waals surface area contributed by atoms with Crippen molar-refractivity contribution in [2.24, 2.45) is 11.8 Å². The number of fused-ring (bicyclic) bond motifs is 2. The van der Waals surface area contributed by atoms with E-state index in [0.717, 1.165) is 29.2 Å². The third kappa shape index (κ3) is 3.07. The van der Waals surface area contributed by atoms with Crippen LogP contribution in [0.3, 0.4) is 0 Å². The van der Waals surface area contributed by atoms with Gasteiger partial charge in [-0.25, -0.2) is 0 Å². The van der Waals surface area contributed by atoms with Gasteiger partial charge in [-0.3, -0.25) is 4.79 Å². The largest absolute Gasteiger partial charge is 0.481 e. The van der Waals surface area contributed by atoms with Gasteiger partial charge in [0, 0.05) is 6.04 Å². The summed E-state index contributed by atoms with van der Waals surface area (Å²) in [6.45, 7) is 5.88. The van der Waals surface area contributed by atoms with Crippen molar-refractivity contribution in [3.05, 3.63) is 29.3 Å². The quantitative estimate of drug-likeness (QED) is 0.922. The summed E-state index contributed by atoms with van der Waals surface area (Å²) in [5.41, 5.74) is 2.22. The molecular weight excluding hydrogens is 262 g/mol. The molecule has 0 aromatic heterocycles. The van der Waals surface area contributed by atoms with E-state index in [-0.39, 0.29) is 5.91 Å². The minimum Gasteiger partial charge on any atom is -0.481 e. The average Bonchev–Trinajstić information content (AvgIpc) is 3.05. The van der Waals surface area contributed by atoms with Crippen LogP contribution in [-0.4, -0.2) is 18.1 Å². The molecule has 2 aliphatic rings. The fraction of sp³-hybridized carbons (Fsp3) is 0.611. The van der Waals surface area contributed by atoms with Crippen molar-refractivity contribution in [2.45, 2.75) is 58.6 Å². The standard InChI is InChI=1S/C18H25NO2/c1-11-4-5-12(2)17(8-11)21-13(3)18(20)19-16-10-14-6-7-15(16)9-14/h4-5,8,13-16H,6-7,9-10H2,1-3H3,(H,19,20)/t13-,14-,15-,16+/m0/s1. The van der Waals surface area contributed by atoms with Gasteiger partial charge in [0.15, 0.2) is 6.10 Å². The van der Waals surface area contributed by atoms with E-state index in [1.54, 1.807) is 0 Å². The van der Waals surface area contributed by atoms with Crippen molar-refractivity contribution in [2.75, 3.05) is 0 Å². The molecule has 0 heterocycles. The zero-order chi connectivity index (χ0) is 15.0. The predicted octanol–water partition coefficient (Wildman–Crippen LogP) is 3.38. The highest BCUT2D eigenvalue weighted by Gasteiger charge is 2.40. The van der Waals surface area contributed by atoms with Crippen molar-refractivity contribution in [1.82, 2.24) is 5.32 Å². The number of carbonyl (C=O) groups excluding carboxylic acids is 1. The molecule has 0 aliphatic heterocycles. The van der Waals surface area contributed by atoms with E-state index in [4.69, 9.17) is 4.74 Å². The van der Waals surface area contributed by atoms with Gasteiger partial charge in [0.2, 0.25) is 0 Å². The predicted molar refractivity (Wildman–Crippen MR) is 83.4 cm³/mol. The number of hydrogen-bond acceptors (Lipinski definition) is 2. The first-order valence-electron chi connectivity index (χ1n) is 8.07. The van der Waals surface area contributed by atoms with E-state index < -0.39 is 6.10 Å². The summed E-state index contributed by atoms with van der Waals surface area (Å²) >= 11 is 0. The van der Waals surface area contributed by atoms with Crippen LogP contribution in [0, 0.1) is 25.7 Å². The smallest absolute Gasteiger partial charge is 0.261 e. The zero-order valence-electron chi connectivity index (χ0n) is 13.2. The molecule has 3 rings (SSSR count). The van der Waals surface area contributed by atoms with Crippen LogP contribution in [0.2, 0.25) is 0 Å². The summed E-state index contributed by atoms with van der Waals surface area (Å²) in [5, 5.41) is 3.20. The van der Waals surface area contributed by atoms with Crippen LogP contribution in [-0.2, 0) is 4.79 Å². The van der Waals surface area contributed by atoms with Crippen molar-refractivity contribution >= 4 is 5.91 Å². The number of rotatable bonds is 4. The molecular formula is C18H25NO2. The van der Waals surface area contributed by atoms with E-state index in [1.165, 1.54) is 19.3 Å². The molecule has 1 aromatic rings. The van der Waals surface area contributed by atoms with Gasteiger partial charge in [-0.15, -0.1) is 0 Å². The monoisotopic (exact) mass is 287 g/mol. The van der Waals surface area contributed by atoms with Gasteiger partial charge in [-0.2, -0.15) is 0 Å². The Morgan fingerprint density at radius 1 is 1.29 bits per heavy atom. The number of carbonyl (C=O) groups is 1. The fourth-order valence-electron chi connectivity index (χ4n) is 3.80. The van der Waals surface area contributed by atoms with Crippen LogP contribution in [0.5, 0.6) is 5.75 Å². The summed E-state index contributed by atoms with van der Waals surface area (Å²) in [6, 6.07) is 6.46. The maximum absolute atomic E-state index is 12.3. The van der Waals surface area contributed by atoms with Gasteiger partial charge in [-0.05, 0) is 69.1 Å². The first-order valence-corrected chi connectivity index (χ1v) is 8.07. The Hall–Kier alpha value is -1.51. The Kier molecular flexibility index (Phi) is 3.92.